The molecule has 2 aromatic heterocycles. The van der Waals surface area contributed by atoms with Crippen molar-refractivity contribution in [3.63, 3.8) is 0 Å². The number of non-ortho nitro benzene ring substituents is 1. The van der Waals surface area contributed by atoms with Gasteiger partial charge in [0, 0.05) is 29.8 Å². The number of nitriles is 1. The second kappa shape index (κ2) is 8.00. The van der Waals surface area contributed by atoms with Gasteiger partial charge < -0.3 is 4.57 Å². The highest BCUT2D eigenvalue weighted by molar-refractivity contribution is 5.76. The molecular weight excluding hydrogens is 390 g/mol. The standard InChI is InChI=1S/C24H21N5O2/c1-4-22-27-23-15(2)11-16(3)26-24(23)28(22)14-17-5-7-18(8-6-17)21-12-20(29(30)31)10-9-19(21)13-25/h5-12H,4,14H2,1-3H3. The van der Waals surface area contributed by atoms with Gasteiger partial charge in [0.25, 0.3) is 5.69 Å². The first kappa shape index (κ1) is 20.2. The van der Waals surface area contributed by atoms with Crippen molar-refractivity contribution >= 4 is 16.9 Å². The van der Waals surface area contributed by atoms with Crippen LogP contribution >= 0.6 is 0 Å². The number of benzene rings is 2. The van der Waals surface area contributed by atoms with Crippen LogP contribution in [0.3, 0.4) is 0 Å². The summed E-state index contributed by atoms with van der Waals surface area (Å²) in [5, 5.41) is 20.5. The molecule has 4 rings (SSSR count). The molecule has 0 spiro atoms. The average Bonchev–Trinajstić information content (AvgIpc) is 3.11. The summed E-state index contributed by atoms with van der Waals surface area (Å²) in [4.78, 5) is 20.2. The number of imidazole rings is 1. The van der Waals surface area contributed by atoms with Crippen LogP contribution in [-0.4, -0.2) is 19.5 Å². The molecule has 7 heteroatoms. The maximum atomic E-state index is 11.1. The third kappa shape index (κ3) is 3.76. The molecule has 0 saturated heterocycles. The van der Waals surface area contributed by atoms with Crippen molar-refractivity contribution in [2.45, 2.75) is 33.7 Å². The highest BCUT2D eigenvalue weighted by Crippen LogP contribution is 2.28. The Balaban J connectivity index is 1.72. The Morgan fingerprint density at radius 3 is 2.48 bits per heavy atom. The lowest BCUT2D eigenvalue weighted by Crippen LogP contribution is -2.05. The summed E-state index contributed by atoms with van der Waals surface area (Å²) in [7, 11) is 0. The van der Waals surface area contributed by atoms with Crippen molar-refractivity contribution in [2.75, 3.05) is 0 Å². The predicted octanol–water partition coefficient (Wildman–Crippen LogP) is 5.11. The average molecular weight is 411 g/mol. The lowest BCUT2D eigenvalue weighted by molar-refractivity contribution is -0.384. The first-order chi connectivity index (χ1) is 14.9. The van der Waals surface area contributed by atoms with E-state index in [1.807, 2.05) is 37.3 Å². The van der Waals surface area contributed by atoms with Crippen LogP contribution < -0.4 is 0 Å². The Kier molecular flexibility index (Phi) is 5.22. The van der Waals surface area contributed by atoms with Gasteiger partial charge in [-0.15, -0.1) is 0 Å². The number of nitro benzene ring substituents is 1. The number of nitro groups is 1. The molecule has 154 valence electrons. The van der Waals surface area contributed by atoms with Crippen LogP contribution in [0.1, 0.15) is 35.1 Å². The zero-order valence-corrected chi connectivity index (χ0v) is 17.6. The Morgan fingerprint density at radius 1 is 1.10 bits per heavy atom. The van der Waals surface area contributed by atoms with Crippen molar-refractivity contribution in [2.24, 2.45) is 0 Å². The maximum Gasteiger partial charge on any atom is 0.270 e. The fourth-order valence-electron chi connectivity index (χ4n) is 3.84. The normalized spacial score (nSPS) is 10.9. The minimum Gasteiger partial charge on any atom is -0.308 e. The Morgan fingerprint density at radius 2 is 1.84 bits per heavy atom. The Labute approximate surface area is 179 Å². The van der Waals surface area contributed by atoms with E-state index < -0.39 is 4.92 Å². The Bertz CT molecular complexity index is 1350. The van der Waals surface area contributed by atoms with Gasteiger partial charge in [-0.25, -0.2) is 9.97 Å². The van der Waals surface area contributed by atoms with Gasteiger partial charge in [0.05, 0.1) is 23.1 Å². The highest BCUT2D eigenvalue weighted by atomic mass is 16.6. The number of nitrogens with zero attached hydrogens (tertiary/aromatic N) is 5. The number of rotatable bonds is 5. The molecule has 2 aromatic carbocycles. The first-order valence-electron chi connectivity index (χ1n) is 10.0. The van der Waals surface area contributed by atoms with E-state index in [-0.39, 0.29) is 5.69 Å². The van der Waals surface area contributed by atoms with E-state index >= 15 is 0 Å². The van der Waals surface area contributed by atoms with Gasteiger partial charge in [0.1, 0.15) is 11.3 Å². The number of aromatic nitrogens is 3. The molecule has 0 saturated carbocycles. The van der Waals surface area contributed by atoms with Crippen LogP contribution in [-0.2, 0) is 13.0 Å². The van der Waals surface area contributed by atoms with Crippen molar-refractivity contribution in [1.82, 2.24) is 14.5 Å². The van der Waals surface area contributed by atoms with Crippen LogP contribution in [0.15, 0.2) is 48.5 Å². The Hall–Kier alpha value is -4.05. The third-order valence-electron chi connectivity index (χ3n) is 5.36. The van der Waals surface area contributed by atoms with Gasteiger partial charge in [0.15, 0.2) is 5.65 Å². The van der Waals surface area contributed by atoms with Crippen molar-refractivity contribution in [1.29, 1.82) is 5.26 Å². The van der Waals surface area contributed by atoms with Crippen LogP contribution in [0, 0.1) is 35.3 Å². The molecule has 0 N–H and O–H groups in total. The summed E-state index contributed by atoms with van der Waals surface area (Å²) in [6.45, 7) is 6.73. The molecular formula is C24H21N5O2. The fraction of sp³-hybridized carbons (Fsp3) is 0.208. The lowest BCUT2D eigenvalue weighted by Gasteiger charge is -2.10. The predicted molar refractivity (Wildman–Crippen MR) is 119 cm³/mol. The highest BCUT2D eigenvalue weighted by Gasteiger charge is 2.15. The van der Waals surface area contributed by atoms with E-state index in [1.54, 1.807) is 0 Å². The van der Waals surface area contributed by atoms with E-state index in [1.165, 1.54) is 18.2 Å². The van der Waals surface area contributed by atoms with E-state index in [9.17, 15) is 15.4 Å². The third-order valence-corrected chi connectivity index (χ3v) is 5.36. The lowest BCUT2D eigenvalue weighted by atomic mass is 9.98. The van der Waals surface area contributed by atoms with Crippen molar-refractivity contribution in [3.05, 3.63) is 86.9 Å². The van der Waals surface area contributed by atoms with Gasteiger partial charge in [-0.1, -0.05) is 31.2 Å². The molecule has 0 aliphatic carbocycles. The number of hydrogen-bond acceptors (Lipinski definition) is 5. The van der Waals surface area contributed by atoms with E-state index in [0.29, 0.717) is 17.7 Å². The summed E-state index contributed by atoms with van der Waals surface area (Å²) >= 11 is 0. The molecule has 0 aliphatic heterocycles. The van der Waals surface area contributed by atoms with Crippen molar-refractivity contribution < 1.29 is 4.92 Å². The number of aryl methyl sites for hydroxylation is 3. The summed E-state index contributed by atoms with van der Waals surface area (Å²) in [6, 6.07) is 16.2. The molecule has 0 aliphatic rings. The van der Waals surface area contributed by atoms with Gasteiger partial charge in [-0.2, -0.15) is 5.26 Å². The van der Waals surface area contributed by atoms with E-state index in [4.69, 9.17) is 9.97 Å². The van der Waals surface area contributed by atoms with Crippen LogP contribution in [0.2, 0.25) is 0 Å². The zero-order valence-electron chi connectivity index (χ0n) is 17.6. The molecule has 0 atom stereocenters. The summed E-state index contributed by atoms with van der Waals surface area (Å²) < 4.78 is 2.14. The monoisotopic (exact) mass is 411 g/mol. The van der Waals surface area contributed by atoms with Crippen LogP contribution in [0.25, 0.3) is 22.3 Å². The molecule has 0 amide bonds. The molecule has 0 fully saturated rings. The first-order valence-corrected chi connectivity index (χ1v) is 10.0. The summed E-state index contributed by atoms with van der Waals surface area (Å²) in [5.74, 6) is 0.978. The topological polar surface area (TPSA) is 97.6 Å². The largest absolute Gasteiger partial charge is 0.308 e. The number of hydrogen-bond donors (Lipinski definition) is 0. The summed E-state index contributed by atoms with van der Waals surface area (Å²) in [6.07, 6.45) is 0.798. The number of fused-ring (bicyclic) bond motifs is 1. The second-order valence-electron chi connectivity index (χ2n) is 7.52. The van der Waals surface area contributed by atoms with Gasteiger partial charge >= 0.3 is 0 Å². The minimum absolute atomic E-state index is 0.0348. The SMILES string of the molecule is CCc1nc2c(C)cc(C)nc2n1Cc1ccc(-c2cc([N+](=O)[O-])ccc2C#N)cc1. The fourth-order valence-corrected chi connectivity index (χ4v) is 3.84. The molecule has 0 unspecified atom stereocenters. The molecule has 31 heavy (non-hydrogen) atoms. The maximum absolute atomic E-state index is 11.1. The molecule has 2 heterocycles. The zero-order chi connectivity index (χ0) is 22.1. The van der Waals surface area contributed by atoms with E-state index in [0.717, 1.165) is 45.8 Å². The van der Waals surface area contributed by atoms with Crippen LogP contribution in [0.5, 0.6) is 0 Å². The second-order valence-corrected chi connectivity index (χ2v) is 7.52. The van der Waals surface area contributed by atoms with Crippen molar-refractivity contribution in [3.8, 4) is 17.2 Å². The van der Waals surface area contributed by atoms with Gasteiger partial charge in [-0.3, -0.25) is 10.1 Å². The molecule has 0 radical (unpaired) electrons. The number of pyridine rings is 1. The summed E-state index contributed by atoms with van der Waals surface area (Å²) in [5.41, 5.74) is 6.62. The smallest absolute Gasteiger partial charge is 0.270 e. The quantitative estimate of drug-likeness (QED) is 0.336. The van der Waals surface area contributed by atoms with Crippen LogP contribution in [0.4, 0.5) is 5.69 Å². The molecule has 4 aromatic rings. The minimum atomic E-state index is -0.452. The molecule has 7 nitrogen and oxygen atoms in total. The van der Waals surface area contributed by atoms with E-state index in [2.05, 4.69) is 24.5 Å². The van der Waals surface area contributed by atoms with Gasteiger partial charge in [0.2, 0.25) is 0 Å². The van der Waals surface area contributed by atoms with Gasteiger partial charge in [-0.05, 0) is 42.7 Å². The molecule has 0 bridgehead atoms.